The Morgan fingerprint density at radius 1 is 1.00 bits per heavy atom. The van der Waals surface area contributed by atoms with Gasteiger partial charge in [0, 0.05) is 12.2 Å². The van der Waals surface area contributed by atoms with Crippen LogP contribution in [0.25, 0.3) is 0 Å². The van der Waals surface area contributed by atoms with Crippen LogP contribution in [-0.4, -0.2) is 11.7 Å². The molecule has 0 saturated heterocycles. The summed E-state index contributed by atoms with van der Waals surface area (Å²) in [5.41, 5.74) is 4.93. The predicted octanol–water partition coefficient (Wildman–Crippen LogP) is 4.61. The maximum absolute atomic E-state index is 5.36. The Morgan fingerprint density at radius 3 is 2.55 bits per heavy atom. The first-order chi connectivity index (χ1) is 10.6. The van der Waals surface area contributed by atoms with Gasteiger partial charge in [-0.15, -0.1) is 0 Å². The highest BCUT2D eigenvalue weighted by Crippen LogP contribution is 2.16. The molecule has 2 aromatic carbocycles. The summed E-state index contributed by atoms with van der Waals surface area (Å²) in [5, 5.41) is 7.27. The van der Waals surface area contributed by atoms with Gasteiger partial charge in [-0.3, -0.25) is 0 Å². The van der Waals surface area contributed by atoms with E-state index >= 15 is 0 Å². The molecule has 0 unspecified atom stereocenters. The molecule has 22 heavy (non-hydrogen) atoms. The van der Waals surface area contributed by atoms with Gasteiger partial charge in [-0.25, -0.2) is 0 Å². The molecule has 2 nitrogen and oxygen atoms in total. The van der Waals surface area contributed by atoms with Crippen LogP contribution in [0.5, 0.6) is 0 Å². The minimum atomic E-state index is 0.702. The Balaban J connectivity index is 1.66. The first-order valence-electron chi connectivity index (χ1n) is 7.81. The number of thiocarbonyl (C=S) groups is 1. The van der Waals surface area contributed by atoms with E-state index in [1.165, 1.54) is 23.1 Å². The number of benzene rings is 2. The molecule has 0 spiro atoms. The summed E-state index contributed by atoms with van der Waals surface area (Å²) in [6, 6.07) is 17.0. The summed E-state index contributed by atoms with van der Waals surface area (Å²) in [5.74, 6) is 0. The summed E-state index contributed by atoms with van der Waals surface area (Å²) in [6.07, 6.45) is 3.41. The molecule has 0 saturated carbocycles. The molecular weight excluding hydrogens is 288 g/mol. The third-order valence-corrected chi connectivity index (χ3v) is 3.91. The largest absolute Gasteiger partial charge is 0.362 e. The molecule has 0 aliphatic rings. The zero-order valence-electron chi connectivity index (χ0n) is 13.4. The number of hydrogen-bond acceptors (Lipinski definition) is 1. The van der Waals surface area contributed by atoms with Crippen LogP contribution in [0.1, 0.15) is 29.5 Å². The number of nitrogens with one attached hydrogen (secondary N) is 2. The number of hydrogen-bond donors (Lipinski definition) is 2. The fraction of sp³-hybridized carbons (Fsp3) is 0.316. The van der Waals surface area contributed by atoms with Crippen LogP contribution in [0, 0.1) is 13.8 Å². The summed E-state index contributed by atoms with van der Waals surface area (Å²) in [6.45, 7) is 5.08. The van der Waals surface area contributed by atoms with Crippen molar-refractivity contribution in [1.29, 1.82) is 0 Å². The number of aryl methyl sites for hydroxylation is 3. The van der Waals surface area contributed by atoms with Gasteiger partial charge in [0.05, 0.1) is 0 Å². The van der Waals surface area contributed by atoms with Gasteiger partial charge in [-0.2, -0.15) is 0 Å². The highest BCUT2D eigenvalue weighted by atomic mass is 32.1. The standard InChI is InChI=1S/C19H24N2S/c1-15-11-12-16(2)18(14-15)21-19(22)20-13-7-6-10-17-8-4-3-5-9-17/h3-5,8-9,11-12,14H,6-7,10,13H2,1-2H3,(H2,20,21,22). The molecule has 116 valence electrons. The van der Waals surface area contributed by atoms with Gasteiger partial charge in [-0.05, 0) is 68.1 Å². The lowest BCUT2D eigenvalue weighted by Crippen LogP contribution is -2.29. The van der Waals surface area contributed by atoms with Crippen LogP contribution in [0.2, 0.25) is 0 Å². The second-order valence-electron chi connectivity index (χ2n) is 5.64. The van der Waals surface area contributed by atoms with Gasteiger partial charge in [0.2, 0.25) is 0 Å². The van der Waals surface area contributed by atoms with Crippen LogP contribution in [-0.2, 0) is 6.42 Å². The molecular formula is C19H24N2S. The van der Waals surface area contributed by atoms with Gasteiger partial charge < -0.3 is 10.6 Å². The van der Waals surface area contributed by atoms with Crippen molar-refractivity contribution >= 4 is 23.0 Å². The van der Waals surface area contributed by atoms with E-state index in [-0.39, 0.29) is 0 Å². The zero-order valence-corrected chi connectivity index (χ0v) is 14.2. The van der Waals surface area contributed by atoms with Crippen molar-refractivity contribution in [2.24, 2.45) is 0 Å². The van der Waals surface area contributed by atoms with Gasteiger partial charge in [0.25, 0.3) is 0 Å². The molecule has 0 aliphatic heterocycles. The second kappa shape index (κ2) is 8.54. The van der Waals surface area contributed by atoms with E-state index in [1.54, 1.807) is 0 Å². The van der Waals surface area contributed by atoms with E-state index in [0.717, 1.165) is 25.1 Å². The van der Waals surface area contributed by atoms with E-state index < -0.39 is 0 Å². The summed E-state index contributed by atoms with van der Waals surface area (Å²) >= 11 is 5.36. The van der Waals surface area contributed by atoms with Crippen molar-refractivity contribution in [3.63, 3.8) is 0 Å². The average molecular weight is 312 g/mol. The summed E-state index contributed by atoms with van der Waals surface area (Å²) in [4.78, 5) is 0. The van der Waals surface area contributed by atoms with Gasteiger partial charge in [0.15, 0.2) is 5.11 Å². The molecule has 2 rings (SSSR count). The Labute approximate surface area is 139 Å². The molecule has 0 aromatic heterocycles. The lowest BCUT2D eigenvalue weighted by molar-refractivity contribution is 0.711. The topological polar surface area (TPSA) is 24.1 Å². The van der Waals surface area contributed by atoms with Crippen LogP contribution in [0.15, 0.2) is 48.5 Å². The molecule has 3 heteroatoms. The second-order valence-corrected chi connectivity index (χ2v) is 6.05. The number of anilines is 1. The van der Waals surface area contributed by atoms with Gasteiger partial charge in [0.1, 0.15) is 0 Å². The SMILES string of the molecule is Cc1ccc(C)c(NC(=S)NCCCCc2ccccc2)c1. The van der Waals surface area contributed by atoms with Crippen LogP contribution >= 0.6 is 12.2 Å². The Hall–Kier alpha value is -1.87. The molecule has 0 aliphatic carbocycles. The number of rotatable bonds is 6. The van der Waals surface area contributed by atoms with Crippen LogP contribution < -0.4 is 10.6 Å². The van der Waals surface area contributed by atoms with Crippen molar-refractivity contribution in [2.45, 2.75) is 33.1 Å². The number of unbranched alkanes of at least 4 members (excludes halogenated alkanes) is 1. The predicted molar refractivity (Wildman–Crippen MR) is 99.5 cm³/mol. The van der Waals surface area contributed by atoms with Gasteiger partial charge >= 0.3 is 0 Å². The van der Waals surface area contributed by atoms with E-state index in [9.17, 15) is 0 Å². The first-order valence-corrected chi connectivity index (χ1v) is 8.22. The minimum Gasteiger partial charge on any atom is -0.362 e. The summed E-state index contributed by atoms with van der Waals surface area (Å²) in [7, 11) is 0. The third kappa shape index (κ3) is 5.49. The Bertz CT molecular complexity index is 608. The van der Waals surface area contributed by atoms with Crippen molar-refractivity contribution in [3.8, 4) is 0 Å². The van der Waals surface area contributed by atoms with Crippen molar-refractivity contribution in [1.82, 2.24) is 5.32 Å². The van der Waals surface area contributed by atoms with E-state index in [1.807, 2.05) is 0 Å². The molecule has 2 aromatic rings. The smallest absolute Gasteiger partial charge is 0.170 e. The van der Waals surface area contributed by atoms with E-state index in [2.05, 4.69) is 73.0 Å². The van der Waals surface area contributed by atoms with Gasteiger partial charge in [-0.1, -0.05) is 42.5 Å². The molecule has 0 radical (unpaired) electrons. The first kappa shape index (κ1) is 16.5. The van der Waals surface area contributed by atoms with Crippen LogP contribution in [0.4, 0.5) is 5.69 Å². The van der Waals surface area contributed by atoms with Crippen molar-refractivity contribution < 1.29 is 0 Å². The lowest BCUT2D eigenvalue weighted by Gasteiger charge is -2.13. The van der Waals surface area contributed by atoms with E-state index in [4.69, 9.17) is 12.2 Å². The lowest BCUT2D eigenvalue weighted by atomic mass is 10.1. The molecule has 0 atom stereocenters. The Kier molecular flexibility index (Phi) is 6.41. The monoisotopic (exact) mass is 312 g/mol. The molecule has 0 bridgehead atoms. The van der Waals surface area contributed by atoms with Crippen LogP contribution in [0.3, 0.4) is 0 Å². The molecule has 0 amide bonds. The minimum absolute atomic E-state index is 0.702. The average Bonchev–Trinajstić information content (AvgIpc) is 2.51. The third-order valence-electron chi connectivity index (χ3n) is 3.66. The van der Waals surface area contributed by atoms with Crippen molar-refractivity contribution in [2.75, 3.05) is 11.9 Å². The normalized spacial score (nSPS) is 10.3. The fourth-order valence-electron chi connectivity index (χ4n) is 2.34. The maximum atomic E-state index is 5.36. The highest BCUT2D eigenvalue weighted by molar-refractivity contribution is 7.80. The fourth-order valence-corrected chi connectivity index (χ4v) is 2.55. The Morgan fingerprint density at radius 2 is 1.77 bits per heavy atom. The molecule has 2 N–H and O–H groups in total. The summed E-state index contributed by atoms with van der Waals surface area (Å²) < 4.78 is 0. The quantitative estimate of drug-likeness (QED) is 0.601. The maximum Gasteiger partial charge on any atom is 0.170 e. The highest BCUT2D eigenvalue weighted by Gasteiger charge is 2.01. The molecule has 0 fully saturated rings. The van der Waals surface area contributed by atoms with E-state index in [0.29, 0.717) is 5.11 Å². The molecule has 0 heterocycles. The van der Waals surface area contributed by atoms with Crippen molar-refractivity contribution in [3.05, 3.63) is 65.2 Å². The zero-order chi connectivity index (χ0) is 15.8.